The minimum absolute atomic E-state index is 0.0302. The van der Waals surface area contributed by atoms with Crippen molar-refractivity contribution in [2.45, 2.75) is 30.7 Å². The van der Waals surface area contributed by atoms with E-state index < -0.39 is 15.6 Å². The molecule has 0 aromatic heterocycles. The van der Waals surface area contributed by atoms with Crippen LogP contribution in [-0.4, -0.2) is 21.1 Å². The van der Waals surface area contributed by atoms with Crippen LogP contribution in [0.25, 0.3) is 0 Å². The minimum Gasteiger partial charge on any atom is -0.495 e. The fraction of sp³-hybridized carbons (Fsp3) is 0.385. The van der Waals surface area contributed by atoms with Crippen molar-refractivity contribution in [3.05, 3.63) is 23.2 Å². The highest BCUT2D eigenvalue weighted by Crippen LogP contribution is 2.28. The van der Waals surface area contributed by atoms with Crippen LogP contribution < -0.4 is 9.46 Å². The molecular weight excluding hydrogens is 286 g/mol. The van der Waals surface area contributed by atoms with Crippen molar-refractivity contribution < 1.29 is 13.2 Å². The molecule has 6 heteroatoms. The maximum Gasteiger partial charge on any atom is 0.245 e. The number of benzene rings is 1. The van der Waals surface area contributed by atoms with Crippen LogP contribution in [-0.2, 0) is 10.0 Å². The number of ether oxygens (including phenoxy) is 1. The number of sulfonamides is 1. The second kappa shape index (κ2) is 5.83. The summed E-state index contributed by atoms with van der Waals surface area (Å²) in [6.45, 7) is 3.44. The summed E-state index contributed by atoms with van der Waals surface area (Å²) < 4.78 is 32.2. The number of methoxy groups -OCH3 is 1. The lowest BCUT2D eigenvalue weighted by atomic mass is 10.0. The Morgan fingerprint density at radius 1 is 1.53 bits per heavy atom. The van der Waals surface area contributed by atoms with Crippen LogP contribution in [0.5, 0.6) is 5.75 Å². The van der Waals surface area contributed by atoms with E-state index in [0.717, 1.165) is 0 Å². The molecular formula is C13H16ClNO3S. The van der Waals surface area contributed by atoms with E-state index >= 15 is 0 Å². The summed E-state index contributed by atoms with van der Waals surface area (Å²) in [5.74, 6) is 2.66. The molecule has 0 heterocycles. The molecule has 4 nitrogen and oxygen atoms in total. The largest absolute Gasteiger partial charge is 0.495 e. The van der Waals surface area contributed by atoms with Crippen LogP contribution in [0.3, 0.4) is 0 Å². The summed E-state index contributed by atoms with van der Waals surface area (Å²) in [5, 5.41) is 0.306. The zero-order chi connectivity index (χ0) is 14.7. The molecule has 104 valence electrons. The lowest BCUT2D eigenvalue weighted by Gasteiger charge is -2.23. The van der Waals surface area contributed by atoms with E-state index in [-0.39, 0.29) is 10.6 Å². The van der Waals surface area contributed by atoms with Crippen LogP contribution in [0.15, 0.2) is 23.1 Å². The Bertz CT molecular complexity index is 607. The normalized spacial score (nSPS) is 14.5. The second-order valence-electron chi connectivity index (χ2n) is 4.23. The number of hydrogen-bond acceptors (Lipinski definition) is 3. The summed E-state index contributed by atoms with van der Waals surface area (Å²) in [5.41, 5.74) is -0.952. The summed E-state index contributed by atoms with van der Waals surface area (Å²) in [6.07, 6.45) is 5.83. The molecule has 0 radical (unpaired) electrons. The average molecular weight is 302 g/mol. The lowest BCUT2D eigenvalue weighted by molar-refractivity contribution is 0.401. The smallest absolute Gasteiger partial charge is 0.245 e. The van der Waals surface area contributed by atoms with Gasteiger partial charge in [0.2, 0.25) is 10.0 Å². The molecule has 1 aromatic carbocycles. The predicted octanol–water partition coefficient (Wildman–Crippen LogP) is 2.43. The SMILES string of the molecule is C#C[C@@](C)(CC)NS(=O)(=O)c1cc(Cl)ccc1OC. The molecule has 0 amide bonds. The van der Waals surface area contributed by atoms with Crippen molar-refractivity contribution in [1.29, 1.82) is 0 Å². The van der Waals surface area contributed by atoms with Crippen molar-refractivity contribution in [2.24, 2.45) is 0 Å². The van der Waals surface area contributed by atoms with Gasteiger partial charge in [-0.25, -0.2) is 8.42 Å². The Morgan fingerprint density at radius 2 is 2.16 bits per heavy atom. The Morgan fingerprint density at radius 3 is 2.63 bits per heavy atom. The van der Waals surface area contributed by atoms with Crippen LogP contribution in [0.4, 0.5) is 0 Å². The molecule has 0 aliphatic rings. The molecule has 0 saturated carbocycles. The quantitative estimate of drug-likeness (QED) is 0.850. The van der Waals surface area contributed by atoms with Crippen molar-refractivity contribution in [2.75, 3.05) is 7.11 Å². The highest BCUT2D eigenvalue weighted by Gasteiger charge is 2.29. The Kier molecular flexibility index (Phi) is 4.86. The molecule has 1 N–H and O–H groups in total. The van der Waals surface area contributed by atoms with Crippen molar-refractivity contribution >= 4 is 21.6 Å². The number of hydrogen-bond donors (Lipinski definition) is 1. The van der Waals surface area contributed by atoms with Gasteiger partial charge in [0.1, 0.15) is 10.6 Å². The van der Waals surface area contributed by atoms with Crippen LogP contribution in [0.2, 0.25) is 5.02 Å². The standard InChI is InChI=1S/C13H16ClNO3S/c1-5-13(3,6-2)15-19(16,17)12-9-10(14)7-8-11(12)18-4/h1,7-9,15H,6H2,2-4H3/t13-/m0/s1. The van der Waals surface area contributed by atoms with Gasteiger partial charge in [-0.05, 0) is 31.5 Å². The molecule has 0 fully saturated rings. The third-order valence-electron chi connectivity index (χ3n) is 2.80. The Balaban J connectivity index is 3.29. The molecule has 1 atom stereocenters. The fourth-order valence-electron chi connectivity index (χ4n) is 1.42. The summed E-state index contributed by atoms with van der Waals surface area (Å²) in [6, 6.07) is 4.38. The van der Waals surface area contributed by atoms with Crippen LogP contribution in [0, 0.1) is 12.3 Å². The maximum atomic E-state index is 12.4. The van der Waals surface area contributed by atoms with Gasteiger partial charge in [0, 0.05) is 5.02 Å². The third kappa shape index (κ3) is 3.63. The van der Waals surface area contributed by atoms with Gasteiger partial charge in [-0.3, -0.25) is 0 Å². The monoisotopic (exact) mass is 301 g/mol. The molecule has 0 aliphatic heterocycles. The fourth-order valence-corrected chi connectivity index (χ4v) is 3.26. The molecule has 0 bridgehead atoms. The van der Waals surface area contributed by atoms with Crippen LogP contribution >= 0.6 is 11.6 Å². The van der Waals surface area contributed by atoms with Gasteiger partial charge in [0.05, 0.1) is 12.6 Å². The summed E-state index contributed by atoms with van der Waals surface area (Å²) in [4.78, 5) is -0.0302. The number of rotatable bonds is 5. The highest BCUT2D eigenvalue weighted by atomic mass is 35.5. The Hall–Kier alpha value is -1.22. The van der Waals surface area contributed by atoms with Gasteiger partial charge in [0.25, 0.3) is 0 Å². The molecule has 1 rings (SSSR count). The molecule has 0 aliphatic carbocycles. The second-order valence-corrected chi connectivity index (χ2v) is 6.32. The third-order valence-corrected chi connectivity index (χ3v) is 4.65. The molecule has 1 aromatic rings. The van der Waals surface area contributed by atoms with Crippen molar-refractivity contribution in [1.82, 2.24) is 4.72 Å². The first kappa shape index (κ1) is 15.8. The topological polar surface area (TPSA) is 55.4 Å². The Labute approximate surface area is 119 Å². The van der Waals surface area contributed by atoms with Crippen molar-refractivity contribution in [3.8, 4) is 18.1 Å². The van der Waals surface area contributed by atoms with Gasteiger partial charge in [0.15, 0.2) is 0 Å². The molecule has 0 unspecified atom stereocenters. The van der Waals surface area contributed by atoms with E-state index in [2.05, 4.69) is 10.6 Å². The first-order chi connectivity index (χ1) is 8.78. The van der Waals surface area contributed by atoms with E-state index in [9.17, 15) is 8.42 Å². The van der Waals surface area contributed by atoms with Gasteiger partial charge in [-0.1, -0.05) is 24.4 Å². The van der Waals surface area contributed by atoms with Crippen LogP contribution in [0.1, 0.15) is 20.3 Å². The summed E-state index contributed by atoms with van der Waals surface area (Å²) in [7, 11) is -2.42. The molecule has 19 heavy (non-hydrogen) atoms. The van der Waals surface area contributed by atoms with E-state index in [0.29, 0.717) is 11.4 Å². The van der Waals surface area contributed by atoms with Crippen molar-refractivity contribution in [3.63, 3.8) is 0 Å². The zero-order valence-corrected chi connectivity index (χ0v) is 12.6. The number of nitrogens with one attached hydrogen (secondary N) is 1. The van der Waals surface area contributed by atoms with Gasteiger partial charge >= 0.3 is 0 Å². The highest BCUT2D eigenvalue weighted by molar-refractivity contribution is 7.89. The van der Waals surface area contributed by atoms with E-state index in [4.69, 9.17) is 22.8 Å². The average Bonchev–Trinajstić information content (AvgIpc) is 2.38. The molecule has 0 saturated heterocycles. The zero-order valence-electron chi connectivity index (χ0n) is 11.0. The van der Waals surface area contributed by atoms with Gasteiger partial charge < -0.3 is 4.74 Å². The van der Waals surface area contributed by atoms with Gasteiger partial charge in [-0.2, -0.15) is 4.72 Å². The first-order valence-corrected chi connectivity index (χ1v) is 7.49. The van der Waals surface area contributed by atoms with Gasteiger partial charge in [-0.15, -0.1) is 6.42 Å². The predicted molar refractivity (Wildman–Crippen MR) is 75.9 cm³/mol. The van der Waals surface area contributed by atoms with E-state index in [1.54, 1.807) is 19.9 Å². The number of halogens is 1. The lowest BCUT2D eigenvalue weighted by Crippen LogP contribution is -2.44. The summed E-state index contributed by atoms with van der Waals surface area (Å²) >= 11 is 5.83. The van der Waals surface area contributed by atoms with E-state index in [1.165, 1.54) is 19.2 Å². The first-order valence-electron chi connectivity index (χ1n) is 5.63. The van der Waals surface area contributed by atoms with E-state index in [1.807, 2.05) is 0 Å². The minimum atomic E-state index is -3.81. The molecule has 0 spiro atoms. The maximum absolute atomic E-state index is 12.4. The number of terminal acetylenes is 1.